The van der Waals surface area contributed by atoms with Crippen LogP contribution >= 0.6 is 11.6 Å². The molecule has 0 saturated carbocycles. The van der Waals surface area contributed by atoms with E-state index < -0.39 is 0 Å². The molecule has 2 unspecified atom stereocenters. The van der Waals surface area contributed by atoms with Crippen LogP contribution in [0.4, 0.5) is 0 Å². The van der Waals surface area contributed by atoms with Gasteiger partial charge in [-0.15, -0.1) is 0 Å². The molecule has 1 fully saturated rings. The number of rotatable bonds is 4. The van der Waals surface area contributed by atoms with Crippen molar-refractivity contribution < 1.29 is 14.2 Å². The molecule has 110 valence electrons. The minimum absolute atomic E-state index is 0.0949. The average molecular weight is 298 g/mol. The lowest BCUT2D eigenvalue weighted by molar-refractivity contribution is 0.101. The Morgan fingerprint density at radius 3 is 2.65 bits per heavy atom. The second-order valence-corrected chi connectivity index (χ2v) is 5.74. The fourth-order valence-corrected chi connectivity index (χ4v) is 3.05. The third kappa shape index (κ3) is 3.03. The summed E-state index contributed by atoms with van der Waals surface area (Å²) in [6, 6.07) is 3.62. The number of nitrogens with two attached hydrogens (primary N) is 1. The number of hydrogen-bond acceptors (Lipinski definition) is 4. The predicted molar refractivity (Wildman–Crippen MR) is 77.6 cm³/mol. The van der Waals surface area contributed by atoms with E-state index in [0.717, 1.165) is 43.6 Å². The molecular formula is C15H20ClNO3. The quantitative estimate of drug-likeness (QED) is 0.928. The number of benzene rings is 1. The van der Waals surface area contributed by atoms with Crippen molar-refractivity contribution in [1.82, 2.24) is 0 Å². The van der Waals surface area contributed by atoms with Crippen molar-refractivity contribution in [2.75, 3.05) is 19.8 Å². The van der Waals surface area contributed by atoms with Crippen molar-refractivity contribution in [2.45, 2.75) is 37.8 Å². The highest BCUT2D eigenvalue weighted by Gasteiger charge is 2.21. The molecule has 0 bridgehead atoms. The molecule has 2 aliphatic heterocycles. The highest BCUT2D eigenvalue weighted by atomic mass is 35.5. The molecular weight excluding hydrogens is 278 g/mol. The maximum absolute atomic E-state index is 6.30. The second-order valence-electron chi connectivity index (χ2n) is 5.34. The van der Waals surface area contributed by atoms with Crippen molar-refractivity contribution in [1.29, 1.82) is 0 Å². The van der Waals surface area contributed by atoms with Gasteiger partial charge in [0.05, 0.1) is 6.10 Å². The Kier molecular flexibility index (Phi) is 4.34. The van der Waals surface area contributed by atoms with Crippen molar-refractivity contribution in [3.8, 4) is 11.5 Å². The molecule has 1 aromatic rings. The third-order valence-corrected chi connectivity index (χ3v) is 4.21. The number of ether oxygens (including phenoxy) is 3. The van der Waals surface area contributed by atoms with Crippen molar-refractivity contribution in [2.24, 2.45) is 5.73 Å². The summed E-state index contributed by atoms with van der Waals surface area (Å²) in [5, 5.41) is 0.647. The largest absolute Gasteiger partial charge is 0.486 e. The van der Waals surface area contributed by atoms with Gasteiger partial charge in [0, 0.05) is 23.7 Å². The fraction of sp³-hybridized carbons (Fsp3) is 0.600. The number of halogens is 1. The third-order valence-electron chi connectivity index (χ3n) is 3.88. The zero-order valence-corrected chi connectivity index (χ0v) is 12.2. The minimum atomic E-state index is -0.0949. The van der Waals surface area contributed by atoms with Crippen LogP contribution in [-0.2, 0) is 4.74 Å². The molecule has 0 radical (unpaired) electrons. The summed E-state index contributed by atoms with van der Waals surface area (Å²) in [4.78, 5) is 0. The molecule has 1 aromatic carbocycles. The van der Waals surface area contributed by atoms with Crippen LogP contribution in [0, 0.1) is 0 Å². The van der Waals surface area contributed by atoms with Crippen molar-refractivity contribution >= 4 is 11.6 Å². The van der Waals surface area contributed by atoms with Gasteiger partial charge in [-0.25, -0.2) is 0 Å². The standard InChI is InChI=1S/C15H20ClNO3/c16-12-9-15-14(19-6-7-20-15)8-11(12)13(17)4-3-10-2-1-5-18-10/h8-10,13H,1-7,17H2. The normalized spacial score (nSPS) is 22.8. The van der Waals surface area contributed by atoms with Crippen LogP contribution in [0.15, 0.2) is 12.1 Å². The van der Waals surface area contributed by atoms with E-state index in [1.807, 2.05) is 6.07 Å². The Balaban J connectivity index is 1.68. The topological polar surface area (TPSA) is 53.7 Å². The van der Waals surface area contributed by atoms with Gasteiger partial charge in [-0.3, -0.25) is 0 Å². The van der Waals surface area contributed by atoms with Gasteiger partial charge in [0.1, 0.15) is 13.2 Å². The van der Waals surface area contributed by atoms with Gasteiger partial charge >= 0.3 is 0 Å². The molecule has 0 aliphatic carbocycles. The summed E-state index contributed by atoms with van der Waals surface area (Å²) in [5.41, 5.74) is 7.20. The van der Waals surface area contributed by atoms with Gasteiger partial charge in [0.2, 0.25) is 0 Å². The Morgan fingerprint density at radius 1 is 1.20 bits per heavy atom. The first-order valence-corrected chi connectivity index (χ1v) is 7.58. The molecule has 2 atom stereocenters. The van der Waals surface area contributed by atoms with E-state index in [2.05, 4.69) is 0 Å². The first kappa shape index (κ1) is 14.0. The van der Waals surface area contributed by atoms with Crippen LogP contribution < -0.4 is 15.2 Å². The Labute approximate surface area is 124 Å². The van der Waals surface area contributed by atoms with Crippen LogP contribution in [-0.4, -0.2) is 25.9 Å². The Bertz CT molecular complexity index is 474. The maximum Gasteiger partial charge on any atom is 0.162 e. The molecule has 2 heterocycles. The number of hydrogen-bond donors (Lipinski definition) is 1. The lowest BCUT2D eigenvalue weighted by atomic mass is 9.99. The van der Waals surface area contributed by atoms with Gasteiger partial charge in [0.25, 0.3) is 0 Å². The van der Waals surface area contributed by atoms with Gasteiger partial charge in [0.15, 0.2) is 11.5 Å². The lowest BCUT2D eigenvalue weighted by Crippen LogP contribution is -2.18. The Morgan fingerprint density at radius 2 is 1.95 bits per heavy atom. The SMILES string of the molecule is NC(CCC1CCCO1)c1cc2c(cc1Cl)OCCO2. The van der Waals surface area contributed by atoms with Gasteiger partial charge < -0.3 is 19.9 Å². The van der Waals surface area contributed by atoms with Crippen molar-refractivity contribution in [3.05, 3.63) is 22.7 Å². The van der Waals surface area contributed by atoms with Gasteiger partial charge in [-0.2, -0.15) is 0 Å². The summed E-state index contributed by atoms with van der Waals surface area (Å²) in [7, 11) is 0. The van der Waals surface area contributed by atoms with Gasteiger partial charge in [-0.05, 0) is 37.3 Å². The maximum atomic E-state index is 6.30. The zero-order chi connectivity index (χ0) is 13.9. The molecule has 2 N–H and O–H groups in total. The molecule has 0 aromatic heterocycles. The molecule has 0 amide bonds. The summed E-state index contributed by atoms with van der Waals surface area (Å²) in [6.45, 7) is 2.01. The van der Waals surface area contributed by atoms with E-state index in [1.165, 1.54) is 0 Å². The van der Waals surface area contributed by atoms with E-state index in [-0.39, 0.29) is 6.04 Å². The van der Waals surface area contributed by atoms with E-state index in [9.17, 15) is 0 Å². The monoisotopic (exact) mass is 297 g/mol. The van der Waals surface area contributed by atoms with Crippen LogP contribution in [0.2, 0.25) is 5.02 Å². The lowest BCUT2D eigenvalue weighted by Gasteiger charge is -2.22. The first-order valence-electron chi connectivity index (χ1n) is 7.20. The molecule has 4 nitrogen and oxygen atoms in total. The summed E-state index contributed by atoms with van der Waals surface area (Å²) < 4.78 is 16.7. The van der Waals surface area contributed by atoms with Crippen LogP contribution in [0.3, 0.4) is 0 Å². The van der Waals surface area contributed by atoms with Crippen molar-refractivity contribution in [3.63, 3.8) is 0 Å². The predicted octanol–water partition coefficient (Wildman–Crippen LogP) is 3.07. The van der Waals surface area contributed by atoms with E-state index in [1.54, 1.807) is 6.07 Å². The fourth-order valence-electron chi connectivity index (χ4n) is 2.76. The molecule has 3 rings (SSSR count). The van der Waals surface area contributed by atoms with E-state index in [4.69, 9.17) is 31.5 Å². The molecule has 5 heteroatoms. The van der Waals surface area contributed by atoms with Crippen LogP contribution in [0.1, 0.15) is 37.3 Å². The highest BCUT2D eigenvalue weighted by molar-refractivity contribution is 6.31. The van der Waals surface area contributed by atoms with Crippen LogP contribution in [0.5, 0.6) is 11.5 Å². The average Bonchev–Trinajstić information content (AvgIpc) is 2.97. The smallest absolute Gasteiger partial charge is 0.162 e. The van der Waals surface area contributed by atoms with E-state index >= 15 is 0 Å². The second kappa shape index (κ2) is 6.20. The van der Waals surface area contributed by atoms with Gasteiger partial charge in [-0.1, -0.05) is 11.6 Å². The molecule has 0 spiro atoms. The molecule has 2 aliphatic rings. The summed E-state index contributed by atoms with van der Waals surface area (Å²) in [6.07, 6.45) is 4.50. The molecule has 1 saturated heterocycles. The van der Waals surface area contributed by atoms with Crippen LogP contribution in [0.25, 0.3) is 0 Å². The Hall–Kier alpha value is -0.970. The molecule has 20 heavy (non-hydrogen) atoms. The summed E-state index contributed by atoms with van der Waals surface area (Å²) in [5.74, 6) is 1.44. The minimum Gasteiger partial charge on any atom is -0.486 e. The van der Waals surface area contributed by atoms with E-state index in [0.29, 0.717) is 30.1 Å². The summed E-state index contributed by atoms with van der Waals surface area (Å²) >= 11 is 6.30. The highest BCUT2D eigenvalue weighted by Crippen LogP contribution is 2.38. The first-order chi connectivity index (χ1) is 9.74. The zero-order valence-electron chi connectivity index (χ0n) is 11.4. The number of fused-ring (bicyclic) bond motifs is 1.